The average molecular weight is 298 g/mol. The third kappa shape index (κ3) is 3.94. The van der Waals surface area contributed by atoms with Crippen LogP contribution in [0.15, 0.2) is 24.3 Å². The molecule has 0 saturated carbocycles. The molecule has 2 rings (SSSR count). The van der Waals surface area contributed by atoms with E-state index in [9.17, 15) is 8.42 Å². The van der Waals surface area contributed by atoms with Crippen molar-refractivity contribution in [1.29, 1.82) is 0 Å². The van der Waals surface area contributed by atoms with E-state index in [1.54, 1.807) is 35.7 Å². The van der Waals surface area contributed by atoms with Gasteiger partial charge in [-0.3, -0.25) is 0 Å². The lowest BCUT2D eigenvalue weighted by Gasteiger charge is -2.31. The van der Waals surface area contributed by atoms with Crippen LogP contribution in [0.5, 0.6) is 0 Å². The number of benzene rings is 1. The molecule has 0 aromatic heterocycles. The number of hydrogen-bond donors (Lipinski definition) is 1. The summed E-state index contributed by atoms with van der Waals surface area (Å²) in [6.07, 6.45) is 1.93. The number of sulfonamides is 1. The largest absolute Gasteiger partial charge is 0.399 e. The highest BCUT2D eigenvalue weighted by Crippen LogP contribution is 2.21. The zero-order valence-electron chi connectivity index (χ0n) is 11.8. The third-order valence-electron chi connectivity index (χ3n) is 3.61. The summed E-state index contributed by atoms with van der Waals surface area (Å²) in [6.45, 7) is 1.79. The normalized spacial score (nSPS) is 20.9. The molecule has 112 valence electrons. The standard InChI is InChI=1S/C14H22N2O3S/c1-19-10-13-3-2-8-16(9-13)20(17,18)11-12-4-6-14(15)7-5-12/h4-7,13H,2-3,8-11,15H2,1H3. The summed E-state index contributed by atoms with van der Waals surface area (Å²) >= 11 is 0. The van der Waals surface area contributed by atoms with Gasteiger partial charge >= 0.3 is 0 Å². The number of rotatable bonds is 5. The summed E-state index contributed by atoms with van der Waals surface area (Å²) in [5, 5.41) is 0. The lowest BCUT2D eigenvalue weighted by atomic mass is 10.0. The highest BCUT2D eigenvalue weighted by Gasteiger charge is 2.28. The second kappa shape index (κ2) is 6.56. The molecule has 0 amide bonds. The predicted octanol–water partition coefficient (Wildman–Crippen LogP) is 1.46. The first kappa shape index (κ1) is 15.3. The van der Waals surface area contributed by atoms with E-state index in [2.05, 4.69) is 0 Å². The monoisotopic (exact) mass is 298 g/mol. The molecule has 1 atom stereocenters. The maximum Gasteiger partial charge on any atom is 0.218 e. The molecule has 1 aliphatic rings. The SMILES string of the molecule is COCC1CCCN(S(=O)(=O)Cc2ccc(N)cc2)C1. The van der Waals surface area contributed by atoms with E-state index >= 15 is 0 Å². The second-order valence-corrected chi connectivity index (χ2v) is 7.29. The number of methoxy groups -OCH3 is 1. The van der Waals surface area contributed by atoms with Crippen molar-refractivity contribution in [2.24, 2.45) is 5.92 Å². The fourth-order valence-corrected chi connectivity index (χ4v) is 4.21. The zero-order chi connectivity index (χ0) is 14.6. The summed E-state index contributed by atoms with van der Waals surface area (Å²) in [5.41, 5.74) is 7.03. The Bertz CT molecular complexity index is 526. The first-order chi connectivity index (χ1) is 9.51. The van der Waals surface area contributed by atoms with Crippen molar-refractivity contribution in [2.75, 3.05) is 32.5 Å². The molecular formula is C14H22N2O3S. The minimum atomic E-state index is -3.26. The topological polar surface area (TPSA) is 72.6 Å². The molecule has 6 heteroatoms. The van der Waals surface area contributed by atoms with E-state index in [4.69, 9.17) is 10.5 Å². The third-order valence-corrected chi connectivity index (χ3v) is 5.42. The summed E-state index contributed by atoms with van der Waals surface area (Å²) in [7, 11) is -1.61. The van der Waals surface area contributed by atoms with Gasteiger partial charge in [-0.05, 0) is 36.5 Å². The zero-order valence-corrected chi connectivity index (χ0v) is 12.6. The van der Waals surface area contributed by atoms with Crippen LogP contribution in [0, 0.1) is 5.92 Å². The van der Waals surface area contributed by atoms with Crippen molar-refractivity contribution in [3.05, 3.63) is 29.8 Å². The number of piperidine rings is 1. The number of ether oxygens (including phenoxy) is 1. The average Bonchev–Trinajstić information content (AvgIpc) is 2.42. The molecule has 1 aliphatic heterocycles. The van der Waals surface area contributed by atoms with E-state index in [0.29, 0.717) is 31.3 Å². The maximum atomic E-state index is 12.4. The van der Waals surface area contributed by atoms with E-state index in [1.807, 2.05) is 0 Å². The molecule has 0 radical (unpaired) electrons. The number of nitrogens with zero attached hydrogens (tertiary/aromatic N) is 1. The Hall–Kier alpha value is -1.11. The molecule has 1 unspecified atom stereocenters. The van der Waals surface area contributed by atoms with Crippen LogP contribution in [0.2, 0.25) is 0 Å². The van der Waals surface area contributed by atoms with E-state index < -0.39 is 10.0 Å². The van der Waals surface area contributed by atoms with Crippen LogP contribution >= 0.6 is 0 Å². The minimum Gasteiger partial charge on any atom is -0.399 e. The maximum absolute atomic E-state index is 12.4. The van der Waals surface area contributed by atoms with Gasteiger partial charge in [0.15, 0.2) is 0 Å². The molecule has 2 N–H and O–H groups in total. The number of anilines is 1. The fourth-order valence-electron chi connectivity index (χ4n) is 2.57. The van der Waals surface area contributed by atoms with Crippen LogP contribution in [0.25, 0.3) is 0 Å². The Kier molecular flexibility index (Phi) is 5.01. The molecule has 20 heavy (non-hydrogen) atoms. The molecule has 0 bridgehead atoms. The second-order valence-electron chi connectivity index (χ2n) is 5.32. The molecule has 1 heterocycles. The van der Waals surface area contributed by atoms with Gasteiger partial charge in [0.1, 0.15) is 0 Å². The van der Waals surface area contributed by atoms with Gasteiger partial charge < -0.3 is 10.5 Å². The van der Waals surface area contributed by atoms with Gasteiger partial charge in [-0.1, -0.05) is 12.1 Å². The van der Waals surface area contributed by atoms with Gasteiger partial charge in [0.2, 0.25) is 10.0 Å². The molecule has 5 nitrogen and oxygen atoms in total. The van der Waals surface area contributed by atoms with Crippen molar-refractivity contribution in [2.45, 2.75) is 18.6 Å². The number of nitrogens with two attached hydrogens (primary N) is 1. The lowest BCUT2D eigenvalue weighted by molar-refractivity contribution is 0.118. The Morgan fingerprint density at radius 2 is 2.05 bits per heavy atom. The fraction of sp³-hybridized carbons (Fsp3) is 0.571. The molecule has 0 spiro atoms. The Labute approximate surface area is 120 Å². The lowest BCUT2D eigenvalue weighted by Crippen LogP contribution is -2.41. The predicted molar refractivity (Wildman–Crippen MR) is 79.7 cm³/mol. The number of hydrogen-bond acceptors (Lipinski definition) is 4. The van der Waals surface area contributed by atoms with Gasteiger partial charge in [-0.2, -0.15) is 0 Å². The van der Waals surface area contributed by atoms with Gasteiger partial charge in [-0.25, -0.2) is 12.7 Å². The Morgan fingerprint density at radius 1 is 1.35 bits per heavy atom. The van der Waals surface area contributed by atoms with Gasteiger partial charge in [0.25, 0.3) is 0 Å². The molecule has 0 aliphatic carbocycles. The van der Waals surface area contributed by atoms with Crippen molar-refractivity contribution in [3.63, 3.8) is 0 Å². The highest BCUT2D eigenvalue weighted by atomic mass is 32.2. The van der Waals surface area contributed by atoms with Gasteiger partial charge in [-0.15, -0.1) is 0 Å². The van der Waals surface area contributed by atoms with Crippen LogP contribution < -0.4 is 5.73 Å². The van der Waals surface area contributed by atoms with Crippen molar-refractivity contribution < 1.29 is 13.2 Å². The van der Waals surface area contributed by atoms with Crippen LogP contribution in [-0.2, 0) is 20.5 Å². The number of nitrogen functional groups attached to an aromatic ring is 1. The van der Waals surface area contributed by atoms with E-state index in [0.717, 1.165) is 18.4 Å². The smallest absolute Gasteiger partial charge is 0.218 e. The molecule has 1 fully saturated rings. The summed E-state index contributed by atoms with van der Waals surface area (Å²) in [5.74, 6) is 0.336. The van der Waals surface area contributed by atoms with E-state index in [1.165, 1.54) is 0 Å². The first-order valence-electron chi connectivity index (χ1n) is 6.82. The first-order valence-corrected chi connectivity index (χ1v) is 8.43. The summed E-state index contributed by atoms with van der Waals surface area (Å²) in [6, 6.07) is 7.00. The highest BCUT2D eigenvalue weighted by molar-refractivity contribution is 7.88. The quantitative estimate of drug-likeness (QED) is 0.835. The summed E-state index contributed by atoms with van der Waals surface area (Å²) in [4.78, 5) is 0. The van der Waals surface area contributed by atoms with Crippen molar-refractivity contribution in [3.8, 4) is 0 Å². The van der Waals surface area contributed by atoms with Gasteiger partial charge in [0, 0.05) is 25.9 Å². The van der Waals surface area contributed by atoms with Crippen molar-refractivity contribution >= 4 is 15.7 Å². The van der Waals surface area contributed by atoms with Gasteiger partial charge in [0.05, 0.1) is 12.4 Å². The minimum absolute atomic E-state index is 0.0347. The van der Waals surface area contributed by atoms with Crippen LogP contribution in [0.3, 0.4) is 0 Å². The van der Waals surface area contributed by atoms with Crippen LogP contribution in [0.4, 0.5) is 5.69 Å². The van der Waals surface area contributed by atoms with Crippen LogP contribution in [0.1, 0.15) is 18.4 Å². The Morgan fingerprint density at radius 3 is 2.70 bits per heavy atom. The van der Waals surface area contributed by atoms with E-state index in [-0.39, 0.29) is 5.75 Å². The van der Waals surface area contributed by atoms with Crippen molar-refractivity contribution in [1.82, 2.24) is 4.31 Å². The Balaban J connectivity index is 2.04. The summed E-state index contributed by atoms with van der Waals surface area (Å²) < 4.78 is 31.6. The molecule has 1 saturated heterocycles. The van der Waals surface area contributed by atoms with Crippen LogP contribution in [-0.4, -0.2) is 39.5 Å². The molecule has 1 aromatic rings. The molecule has 1 aromatic carbocycles. The molecular weight excluding hydrogens is 276 g/mol.